The molecular weight excluding hydrogens is 292 g/mol. The molecule has 1 heterocycles. The van der Waals surface area contributed by atoms with E-state index in [1.807, 2.05) is 12.1 Å². The van der Waals surface area contributed by atoms with Gasteiger partial charge in [0.2, 0.25) is 5.91 Å². The number of likely N-dealkylation sites (tertiary alicyclic amines) is 1. The Kier molecular flexibility index (Phi) is 7.52. The van der Waals surface area contributed by atoms with Gasteiger partial charge in [-0.2, -0.15) is 0 Å². The number of nitrogens with one attached hydrogen (secondary N) is 1. The molecule has 1 amide bonds. The first kappa shape index (κ1) is 17.9. The molecule has 0 unspecified atom stereocenters. The molecule has 5 nitrogen and oxygen atoms in total. The van der Waals surface area contributed by atoms with E-state index in [0.717, 1.165) is 31.5 Å². The second kappa shape index (κ2) is 9.65. The number of aliphatic hydroxyl groups is 1. The van der Waals surface area contributed by atoms with Crippen LogP contribution in [0.3, 0.4) is 0 Å². The smallest absolute Gasteiger partial charge is 0.234 e. The molecular formula is C18H28N2O3. The molecule has 5 heteroatoms. The zero-order valence-corrected chi connectivity index (χ0v) is 14.0. The fraction of sp³-hybridized carbons (Fsp3) is 0.611. The third kappa shape index (κ3) is 6.69. The highest BCUT2D eigenvalue weighted by atomic mass is 16.5. The standard InChI is InChI=1S/C18H28N2O3/c1-15-3-5-16(6-4-15)13-19-18(22)14-20-9-7-17(8-10-20)23-12-2-11-21/h3-6,17,21H,2,7-14H2,1H3,(H,19,22). The Morgan fingerprint density at radius 3 is 2.65 bits per heavy atom. The number of amides is 1. The van der Waals surface area contributed by atoms with E-state index in [-0.39, 0.29) is 18.6 Å². The molecule has 1 aliphatic rings. The van der Waals surface area contributed by atoms with E-state index in [1.165, 1.54) is 5.56 Å². The summed E-state index contributed by atoms with van der Waals surface area (Å²) in [5.41, 5.74) is 2.35. The van der Waals surface area contributed by atoms with Gasteiger partial charge in [-0.05, 0) is 31.7 Å². The zero-order valence-electron chi connectivity index (χ0n) is 14.0. The zero-order chi connectivity index (χ0) is 16.5. The third-order valence-electron chi connectivity index (χ3n) is 4.17. The van der Waals surface area contributed by atoms with E-state index in [9.17, 15) is 4.79 Å². The van der Waals surface area contributed by atoms with Crippen LogP contribution < -0.4 is 5.32 Å². The Hall–Kier alpha value is -1.43. The van der Waals surface area contributed by atoms with Crippen LogP contribution in [-0.2, 0) is 16.1 Å². The minimum absolute atomic E-state index is 0.0743. The average Bonchev–Trinajstić information content (AvgIpc) is 2.56. The quantitative estimate of drug-likeness (QED) is 0.712. The van der Waals surface area contributed by atoms with Gasteiger partial charge in [0, 0.05) is 32.8 Å². The summed E-state index contributed by atoms with van der Waals surface area (Å²) >= 11 is 0. The molecule has 0 aliphatic carbocycles. The number of carbonyl (C=O) groups is 1. The summed E-state index contributed by atoms with van der Waals surface area (Å²) in [6.45, 7) is 5.68. The van der Waals surface area contributed by atoms with Gasteiger partial charge in [-0.25, -0.2) is 0 Å². The normalized spacial score (nSPS) is 16.4. The predicted molar refractivity (Wildman–Crippen MR) is 90.1 cm³/mol. The van der Waals surface area contributed by atoms with Crippen molar-refractivity contribution in [1.82, 2.24) is 10.2 Å². The maximum Gasteiger partial charge on any atom is 0.234 e. The van der Waals surface area contributed by atoms with Gasteiger partial charge >= 0.3 is 0 Å². The number of hydrogen-bond acceptors (Lipinski definition) is 4. The Morgan fingerprint density at radius 2 is 2.00 bits per heavy atom. The van der Waals surface area contributed by atoms with Crippen molar-refractivity contribution < 1.29 is 14.6 Å². The number of carbonyl (C=O) groups excluding carboxylic acids is 1. The molecule has 2 rings (SSSR count). The highest BCUT2D eigenvalue weighted by Gasteiger charge is 2.20. The Morgan fingerprint density at radius 1 is 1.30 bits per heavy atom. The highest BCUT2D eigenvalue weighted by Crippen LogP contribution is 2.13. The van der Waals surface area contributed by atoms with Crippen molar-refractivity contribution in [2.45, 2.75) is 38.8 Å². The van der Waals surface area contributed by atoms with Gasteiger partial charge in [-0.15, -0.1) is 0 Å². The van der Waals surface area contributed by atoms with Crippen LogP contribution in [0, 0.1) is 6.92 Å². The van der Waals surface area contributed by atoms with Gasteiger partial charge in [0.05, 0.1) is 12.6 Å². The lowest BCUT2D eigenvalue weighted by Crippen LogP contribution is -2.43. The number of rotatable bonds is 8. The van der Waals surface area contributed by atoms with Crippen LogP contribution in [0.5, 0.6) is 0 Å². The first-order valence-electron chi connectivity index (χ1n) is 8.44. The highest BCUT2D eigenvalue weighted by molar-refractivity contribution is 5.78. The lowest BCUT2D eigenvalue weighted by molar-refractivity contribution is -0.123. The summed E-state index contributed by atoms with van der Waals surface area (Å²) in [6.07, 6.45) is 2.88. The summed E-state index contributed by atoms with van der Waals surface area (Å²) in [5, 5.41) is 11.7. The first-order chi connectivity index (χ1) is 11.2. The van der Waals surface area contributed by atoms with Gasteiger partial charge in [0.1, 0.15) is 0 Å². The topological polar surface area (TPSA) is 61.8 Å². The molecule has 0 atom stereocenters. The lowest BCUT2D eigenvalue weighted by Gasteiger charge is -2.31. The van der Waals surface area contributed by atoms with E-state index in [1.54, 1.807) is 0 Å². The number of aliphatic hydroxyl groups excluding tert-OH is 1. The third-order valence-corrected chi connectivity index (χ3v) is 4.17. The number of ether oxygens (including phenoxy) is 1. The number of hydrogen-bond donors (Lipinski definition) is 2. The van der Waals surface area contributed by atoms with Crippen LogP contribution in [0.4, 0.5) is 0 Å². The van der Waals surface area contributed by atoms with Crippen molar-refractivity contribution in [3.8, 4) is 0 Å². The van der Waals surface area contributed by atoms with E-state index >= 15 is 0 Å². The van der Waals surface area contributed by atoms with Crippen molar-refractivity contribution >= 4 is 5.91 Å². The van der Waals surface area contributed by atoms with E-state index in [4.69, 9.17) is 9.84 Å². The van der Waals surface area contributed by atoms with E-state index in [0.29, 0.717) is 26.1 Å². The van der Waals surface area contributed by atoms with Crippen molar-refractivity contribution in [3.05, 3.63) is 35.4 Å². The summed E-state index contributed by atoms with van der Waals surface area (Å²) in [6, 6.07) is 8.21. The predicted octanol–water partition coefficient (Wildman–Crippen LogP) is 1.47. The molecule has 0 aromatic heterocycles. The Bertz CT molecular complexity index is 468. The summed E-state index contributed by atoms with van der Waals surface area (Å²) in [5.74, 6) is 0.0743. The maximum absolute atomic E-state index is 12.0. The van der Waals surface area contributed by atoms with Gasteiger partial charge in [0.15, 0.2) is 0 Å². The Labute approximate surface area is 138 Å². The van der Waals surface area contributed by atoms with Crippen LogP contribution in [0.1, 0.15) is 30.4 Å². The average molecular weight is 320 g/mol. The summed E-state index contributed by atoms with van der Waals surface area (Å²) in [7, 11) is 0. The molecule has 0 saturated carbocycles. The maximum atomic E-state index is 12.0. The molecule has 23 heavy (non-hydrogen) atoms. The van der Waals surface area contributed by atoms with Gasteiger partial charge in [0.25, 0.3) is 0 Å². The van der Waals surface area contributed by atoms with Gasteiger partial charge in [-0.1, -0.05) is 29.8 Å². The SMILES string of the molecule is Cc1ccc(CNC(=O)CN2CCC(OCCCO)CC2)cc1. The number of aryl methyl sites for hydroxylation is 1. The fourth-order valence-corrected chi connectivity index (χ4v) is 2.71. The minimum Gasteiger partial charge on any atom is -0.396 e. The molecule has 0 spiro atoms. The first-order valence-corrected chi connectivity index (χ1v) is 8.44. The van der Waals surface area contributed by atoms with Crippen molar-refractivity contribution in [2.75, 3.05) is 32.8 Å². The molecule has 1 saturated heterocycles. The van der Waals surface area contributed by atoms with Gasteiger partial charge in [-0.3, -0.25) is 9.69 Å². The number of piperidine rings is 1. The largest absolute Gasteiger partial charge is 0.396 e. The van der Waals surface area contributed by atoms with Crippen molar-refractivity contribution in [2.24, 2.45) is 0 Å². The monoisotopic (exact) mass is 320 g/mol. The van der Waals surface area contributed by atoms with Crippen molar-refractivity contribution in [3.63, 3.8) is 0 Å². The van der Waals surface area contributed by atoms with E-state index in [2.05, 4.69) is 29.3 Å². The molecule has 1 aromatic carbocycles. The van der Waals surface area contributed by atoms with Crippen LogP contribution in [0.2, 0.25) is 0 Å². The molecule has 2 N–H and O–H groups in total. The van der Waals surface area contributed by atoms with Crippen molar-refractivity contribution in [1.29, 1.82) is 0 Å². The van der Waals surface area contributed by atoms with E-state index < -0.39 is 0 Å². The number of benzene rings is 1. The minimum atomic E-state index is 0.0743. The molecule has 1 aliphatic heterocycles. The second-order valence-electron chi connectivity index (χ2n) is 6.19. The number of nitrogens with zero attached hydrogens (tertiary/aromatic N) is 1. The summed E-state index contributed by atoms with van der Waals surface area (Å²) < 4.78 is 5.70. The van der Waals surface area contributed by atoms with Crippen LogP contribution in [0.25, 0.3) is 0 Å². The van der Waals surface area contributed by atoms with Crippen LogP contribution >= 0.6 is 0 Å². The lowest BCUT2D eigenvalue weighted by atomic mass is 10.1. The molecule has 1 aromatic rings. The summed E-state index contributed by atoms with van der Waals surface area (Å²) in [4.78, 5) is 14.2. The van der Waals surface area contributed by atoms with Crippen LogP contribution in [0.15, 0.2) is 24.3 Å². The Balaban J connectivity index is 1.62. The molecule has 0 radical (unpaired) electrons. The van der Waals surface area contributed by atoms with Gasteiger partial charge < -0.3 is 15.2 Å². The molecule has 0 bridgehead atoms. The molecule has 1 fully saturated rings. The second-order valence-corrected chi connectivity index (χ2v) is 6.19. The van der Waals surface area contributed by atoms with Crippen LogP contribution in [-0.4, -0.2) is 54.9 Å². The molecule has 128 valence electrons. The fourth-order valence-electron chi connectivity index (χ4n) is 2.71.